The number of thiophene rings is 1. The molecule has 2 aliphatic rings. The number of amides is 1. The zero-order valence-corrected chi connectivity index (χ0v) is 17.4. The molecule has 1 aromatic carbocycles. The number of hydrogen-bond donors (Lipinski definition) is 0. The average molecular weight is 419 g/mol. The number of nitriles is 1. The maximum atomic E-state index is 13.2. The smallest absolute Gasteiger partial charge is 0.271 e. The number of hydrogen-bond acceptors (Lipinski definition) is 5. The van der Waals surface area contributed by atoms with Crippen molar-refractivity contribution in [3.63, 3.8) is 0 Å². The maximum Gasteiger partial charge on any atom is 0.271 e. The Morgan fingerprint density at radius 1 is 1.10 bits per heavy atom. The molecule has 5 rings (SSSR count). The Hall–Kier alpha value is -3.11. The SMILES string of the molecule is N#Cc1c(N2CCN(C(=O)c3cccs3)CC2)c2ccccc2n(CC2CC2)c1=O. The summed E-state index contributed by atoms with van der Waals surface area (Å²) < 4.78 is 1.78. The number of aromatic nitrogens is 1. The van der Waals surface area contributed by atoms with E-state index in [-0.39, 0.29) is 17.0 Å². The first-order valence-corrected chi connectivity index (χ1v) is 11.2. The highest BCUT2D eigenvalue weighted by Gasteiger charge is 2.29. The molecule has 6 nitrogen and oxygen atoms in total. The molecule has 3 aromatic rings. The van der Waals surface area contributed by atoms with Crippen molar-refractivity contribution in [2.24, 2.45) is 5.92 Å². The minimum atomic E-state index is -0.199. The van der Waals surface area contributed by atoms with E-state index in [0.717, 1.165) is 28.6 Å². The van der Waals surface area contributed by atoms with Gasteiger partial charge in [0.15, 0.2) is 0 Å². The molecule has 3 heterocycles. The van der Waals surface area contributed by atoms with Gasteiger partial charge in [0, 0.05) is 38.1 Å². The highest BCUT2D eigenvalue weighted by Crippen LogP contribution is 2.34. The van der Waals surface area contributed by atoms with Crippen LogP contribution in [0.15, 0.2) is 46.6 Å². The number of carbonyl (C=O) groups is 1. The zero-order valence-electron chi connectivity index (χ0n) is 16.6. The Bertz CT molecular complexity index is 1200. The van der Waals surface area contributed by atoms with Crippen molar-refractivity contribution in [1.82, 2.24) is 9.47 Å². The van der Waals surface area contributed by atoms with E-state index >= 15 is 0 Å². The van der Waals surface area contributed by atoms with Crippen LogP contribution in [0.3, 0.4) is 0 Å². The summed E-state index contributed by atoms with van der Waals surface area (Å²) in [5.74, 6) is 0.588. The van der Waals surface area contributed by atoms with Gasteiger partial charge in [0.1, 0.15) is 11.6 Å². The number of pyridine rings is 1. The number of fused-ring (bicyclic) bond motifs is 1. The van der Waals surface area contributed by atoms with Crippen LogP contribution >= 0.6 is 11.3 Å². The second-order valence-electron chi connectivity index (χ2n) is 7.97. The highest BCUT2D eigenvalue weighted by atomic mass is 32.1. The van der Waals surface area contributed by atoms with E-state index in [9.17, 15) is 14.9 Å². The van der Waals surface area contributed by atoms with Crippen molar-refractivity contribution < 1.29 is 4.79 Å². The molecule has 2 fully saturated rings. The van der Waals surface area contributed by atoms with Gasteiger partial charge in [0.2, 0.25) is 0 Å². The molecule has 30 heavy (non-hydrogen) atoms. The summed E-state index contributed by atoms with van der Waals surface area (Å²) in [7, 11) is 0. The van der Waals surface area contributed by atoms with Crippen molar-refractivity contribution in [3.8, 4) is 6.07 Å². The molecule has 152 valence electrons. The largest absolute Gasteiger partial charge is 0.366 e. The van der Waals surface area contributed by atoms with E-state index in [2.05, 4.69) is 11.0 Å². The Morgan fingerprint density at radius 2 is 1.87 bits per heavy atom. The fourth-order valence-corrected chi connectivity index (χ4v) is 4.94. The third kappa shape index (κ3) is 3.27. The van der Waals surface area contributed by atoms with Gasteiger partial charge in [-0.2, -0.15) is 5.26 Å². The second-order valence-corrected chi connectivity index (χ2v) is 8.92. The lowest BCUT2D eigenvalue weighted by atomic mass is 10.1. The van der Waals surface area contributed by atoms with Crippen molar-refractivity contribution >= 4 is 33.8 Å². The fourth-order valence-electron chi connectivity index (χ4n) is 4.25. The van der Waals surface area contributed by atoms with Crippen LogP contribution in [0.5, 0.6) is 0 Å². The second kappa shape index (κ2) is 7.62. The van der Waals surface area contributed by atoms with Crippen LogP contribution in [-0.4, -0.2) is 41.6 Å². The van der Waals surface area contributed by atoms with Crippen LogP contribution in [0.2, 0.25) is 0 Å². The average Bonchev–Trinajstić information content (AvgIpc) is 3.44. The van der Waals surface area contributed by atoms with Gasteiger partial charge in [-0.05, 0) is 36.3 Å². The number of para-hydroxylation sites is 1. The van der Waals surface area contributed by atoms with Gasteiger partial charge < -0.3 is 14.4 Å². The Balaban J connectivity index is 1.50. The summed E-state index contributed by atoms with van der Waals surface area (Å²) in [6.07, 6.45) is 2.29. The van der Waals surface area contributed by atoms with Gasteiger partial charge >= 0.3 is 0 Å². The molecule has 0 N–H and O–H groups in total. The van der Waals surface area contributed by atoms with Gasteiger partial charge in [-0.3, -0.25) is 9.59 Å². The molecule has 0 radical (unpaired) electrons. The van der Waals surface area contributed by atoms with Gasteiger partial charge in [0.05, 0.1) is 16.1 Å². The number of rotatable bonds is 4. The Morgan fingerprint density at radius 3 is 2.53 bits per heavy atom. The van der Waals surface area contributed by atoms with Gasteiger partial charge in [-0.1, -0.05) is 24.3 Å². The number of carbonyl (C=O) groups excluding carboxylic acids is 1. The van der Waals surface area contributed by atoms with Crippen LogP contribution in [0.25, 0.3) is 10.9 Å². The number of benzene rings is 1. The third-order valence-electron chi connectivity index (χ3n) is 6.01. The van der Waals surface area contributed by atoms with E-state index in [1.165, 1.54) is 11.3 Å². The van der Waals surface area contributed by atoms with E-state index in [0.29, 0.717) is 44.3 Å². The van der Waals surface area contributed by atoms with Crippen molar-refractivity contribution in [1.29, 1.82) is 5.26 Å². The van der Waals surface area contributed by atoms with Crippen LogP contribution in [-0.2, 0) is 6.54 Å². The first kappa shape index (κ1) is 18.9. The molecule has 0 spiro atoms. The molecule has 1 saturated heterocycles. The summed E-state index contributed by atoms with van der Waals surface area (Å²) in [5, 5.41) is 12.7. The van der Waals surface area contributed by atoms with Crippen LogP contribution < -0.4 is 10.5 Å². The minimum Gasteiger partial charge on any atom is -0.366 e. The normalized spacial score (nSPS) is 16.6. The molecule has 0 atom stereocenters. The van der Waals surface area contributed by atoms with Crippen molar-refractivity contribution in [3.05, 3.63) is 62.6 Å². The lowest BCUT2D eigenvalue weighted by molar-refractivity contribution is 0.0751. The molecule has 1 saturated carbocycles. The Labute approximate surface area is 178 Å². The standard InChI is InChI=1S/C23H22N4O2S/c24-14-18-21(25-9-11-26(12-10-25)23(29)20-6-3-13-30-20)17-4-1-2-5-19(17)27(22(18)28)15-16-7-8-16/h1-6,13,16H,7-12,15H2. The molecule has 0 unspecified atom stereocenters. The lowest BCUT2D eigenvalue weighted by Gasteiger charge is -2.37. The quantitative estimate of drug-likeness (QED) is 0.652. The molecule has 1 aliphatic carbocycles. The number of piperazine rings is 1. The first-order valence-electron chi connectivity index (χ1n) is 10.3. The van der Waals surface area contributed by atoms with E-state index in [4.69, 9.17) is 0 Å². The summed E-state index contributed by atoms with van der Waals surface area (Å²) in [6, 6.07) is 13.8. The van der Waals surface area contributed by atoms with Gasteiger partial charge in [-0.15, -0.1) is 11.3 Å². The Kier molecular flexibility index (Phi) is 4.80. The topological polar surface area (TPSA) is 69.3 Å². The fraction of sp³-hybridized carbons (Fsp3) is 0.348. The molecular weight excluding hydrogens is 396 g/mol. The highest BCUT2D eigenvalue weighted by molar-refractivity contribution is 7.12. The molecule has 2 aromatic heterocycles. The summed E-state index contributed by atoms with van der Waals surface area (Å²) in [4.78, 5) is 30.6. The van der Waals surface area contributed by atoms with E-state index in [1.807, 2.05) is 46.7 Å². The predicted molar refractivity (Wildman–Crippen MR) is 118 cm³/mol. The van der Waals surface area contributed by atoms with E-state index < -0.39 is 0 Å². The zero-order chi connectivity index (χ0) is 20.7. The maximum absolute atomic E-state index is 13.2. The monoisotopic (exact) mass is 418 g/mol. The van der Waals surface area contributed by atoms with Crippen LogP contribution in [0, 0.1) is 17.2 Å². The molecule has 0 bridgehead atoms. The van der Waals surface area contributed by atoms with Crippen LogP contribution in [0.1, 0.15) is 28.1 Å². The first-order chi connectivity index (χ1) is 14.7. The number of nitrogens with zero attached hydrogens (tertiary/aromatic N) is 4. The molecule has 7 heteroatoms. The summed E-state index contributed by atoms with van der Waals surface area (Å²) in [6.45, 7) is 3.02. The number of anilines is 1. The van der Waals surface area contributed by atoms with Crippen LogP contribution in [0.4, 0.5) is 5.69 Å². The van der Waals surface area contributed by atoms with E-state index in [1.54, 1.807) is 4.57 Å². The minimum absolute atomic E-state index is 0.0508. The van der Waals surface area contributed by atoms with Gasteiger partial charge in [-0.25, -0.2) is 0 Å². The molecule has 1 aliphatic heterocycles. The summed E-state index contributed by atoms with van der Waals surface area (Å²) >= 11 is 1.45. The molecule has 1 amide bonds. The third-order valence-corrected chi connectivity index (χ3v) is 6.87. The van der Waals surface area contributed by atoms with Gasteiger partial charge in [0.25, 0.3) is 11.5 Å². The van der Waals surface area contributed by atoms with Crippen molar-refractivity contribution in [2.45, 2.75) is 19.4 Å². The summed E-state index contributed by atoms with van der Waals surface area (Å²) in [5.41, 5.74) is 1.62. The predicted octanol–water partition coefficient (Wildman–Crippen LogP) is 3.31. The lowest BCUT2D eigenvalue weighted by Crippen LogP contribution is -2.49. The molecular formula is C23H22N4O2S. The van der Waals surface area contributed by atoms with Crippen molar-refractivity contribution in [2.75, 3.05) is 31.1 Å².